The topological polar surface area (TPSA) is 35.6 Å². The Bertz CT molecular complexity index is 511. The molecule has 1 N–H and O–H groups in total. The van der Waals surface area contributed by atoms with E-state index in [1.54, 1.807) is 0 Å². The second kappa shape index (κ2) is 8.13. The monoisotopic (exact) mass is 329 g/mol. The molecule has 0 atom stereocenters. The first-order chi connectivity index (χ1) is 11.7. The van der Waals surface area contributed by atoms with Crippen LogP contribution in [0, 0.1) is 5.41 Å². The van der Waals surface area contributed by atoms with Crippen molar-refractivity contribution in [2.45, 2.75) is 39.2 Å². The summed E-state index contributed by atoms with van der Waals surface area (Å²) in [6.45, 7) is 8.90. The normalized spacial score (nSPS) is 21.6. The predicted octanol–water partition coefficient (Wildman–Crippen LogP) is 2.50. The van der Waals surface area contributed by atoms with Crippen LogP contribution in [0.1, 0.15) is 38.2 Å². The molecule has 1 aromatic carbocycles. The Morgan fingerprint density at radius 2 is 1.75 bits per heavy atom. The van der Waals surface area contributed by atoms with Gasteiger partial charge in [0.05, 0.1) is 5.41 Å². The molecule has 0 unspecified atom stereocenters. The molecule has 2 aliphatic rings. The number of nitrogens with zero attached hydrogens (tertiary/aromatic N) is 2. The van der Waals surface area contributed by atoms with E-state index < -0.39 is 0 Å². The van der Waals surface area contributed by atoms with Crippen molar-refractivity contribution in [1.82, 2.24) is 15.1 Å². The average molecular weight is 329 g/mol. The molecule has 0 aliphatic carbocycles. The Balaban J connectivity index is 1.56. The molecule has 4 heteroatoms. The lowest BCUT2D eigenvalue weighted by atomic mass is 9.74. The highest BCUT2D eigenvalue weighted by atomic mass is 16.2. The van der Waals surface area contributed by atoms with Gasteiger partial charge in [0.2, 0.25) is 5.91 Å². The first kappa shape index (κ1) is 17.4. The van der Waals surface area contributed by atoms with Crippen molar-refractivity contribution in [2.24, 2.45) is 5.41 Å². The number of benzene rings is 1. The van der Waals surface area contributed by atoms with Crippen LogP contribution in [0.5, 0.6) is 0 Å². The second-order valence-electron chi connectivity index (χ2n) is 7.33. The lowest BCUT2D eigenvalue weighted by molar-refractivity contribution is -0.146. The summed E-state index contributed by atoms with van der Waals surface area (Å²) in [5, 5.41) is 3.41. The summed E-state index contributed by atoms with van der Waals surface area (Å²) in [6, 6.07) is 10.6. The molecule has 2 fully saturated rings. The molecule has 0 spiro atoms. The van der Waals surface area contributed by atoms with Crippen molar-refractivity contribution < 1.29 is 4.79 Å². The van der Waals surface area contributed by atoms with Crippen LogP contribution in [0.15, 0.2) is 30.3 Å². The highest BCUT2D eigenvalue weighted by Crippen LogP contribution is 2.36. The number of piperazine rings is 1. The van der Waals surface area contributed by atoms with Crippen LogP contribution in [0.3, 0.4) is 0 Å². The maximum Gasteiger partial charge on any atom is 0.228 e. The molecule has 0 aromatic heterocycles. The lowest BCUT2D eigenvalue weighted by Gasteiger charge is -2.43. The van der Waals surface area contributed by atoms with Gasteiger partial charge in [0, 0.05) is 32.7 Å². The molecule has 1 amide bonds. The van der Waals surface area contributed by atoms with E-state index in [-0.39, 0.29) is 5.41 Å². The van der Waals surface area contributed by atoms with Crippen LogP contribution in [-0.2, 0) is 11.3 Å². The highest BCUT2D eigenvalue weighted by Gasteiger charge is 2.41. The molecule has 1 aromatic rings. The van der Waals surface area contributed by atoms with Gasteiger partial charge in [0.25, 0.3) is 0 Å². The summed E-state index contributed by atoms with van der Waals surface area (Å²) in [7, 11) is 0. The maximum absolute atomic E-state index is 13.2. The summed E-state index contributed by atoms with van der Waals surface area (Å²) < 4.78 is 0. The van der Waals surface area contributed by atoms with Crippen molar-refractivity contribution in [3.8, 4) is 0 Å². The van der Waals surface area contributed by atoms with E-state index in [1.807, 2.05) is 0 Å². The molecule has 2 saturated heterocycles. The molecule has 24 heavy (non-hydrogen) atoms. The van der Waals surface area contributed by atoms with Gasteiger partial charge in [-0.25, -0.2) is 0 Å². The Labute approximate surface area is 146 Å². The molecule has 3 rings (SSSR count). The maximum atomic E-state index is 13.2. The first-order valence-corrected chi connectivity index (χ1v) is 9.50. The minimum absolute atomic E-state index is 0.0956. The molecular formula is C20H31N3O. The van der Waals surface area contributed by atoms with Gasteiger partial charge < -0.3 is 10.2 Å². The first-order valence-electron chi connectivity index (χ1n) is 9.50. The Hall–Kier alpha value is -1.39. The van der Waals surface area contributed by atoms with Crippen LogP contribution < -0.4 is 5.32 Å². The van der Waals surface area contributed by atoms with Crippen molar-refractivity contribution in [3.63, 3.8) is 0 Å². The summed E-state index contributed by atoms with van der Waals surface area (Å²) in [5.41, 5.74) is 1.26. The van der Waals surface area contributed by atoms with Gasteiger partial charge >= 0.3 is 0 Å². The van der Waals surface area contributed by atoms with Crippen LogP contribution in [0.25, 0.3) is 0 Å². The number of piperidine rings is 1. The van der Waals surface area contributed by atoms with Crippen LogP contribution in [0.4, 0.5) is 0 Å². The molecule has 0 radical (unpaired) electrons. The van der Waals surface area contributed by atoms with E-state index in [4.69, 9.17) is 0 Å². The van der Waals surface area contributed by atoms with Gasteiger partial charge in [-0.15, -0.1) is 0 Å². The number of hydrogen-bond donors (Lipinski definition) is 1. The van der Waals surface area contributed by atoms with Crippen molar-refractivity contribution in [1.29, 1.82) is 0 Å². The predicted molar refractivity (Wildman–Crippen MR) is 97.7 cm³/mol. The van der Waals surface area contributed by atoms with E-state index in [1.165, 1.54) is 5.56 Å². The second-order valence-corrected chi connectivity index (χ2v) is 7.33. The average Bonchev–Trinajstić information content (AvgIpc) is 2.64. The third-order valence-corrected chi connectivity index (χ3v) is 5.65. The molecule has 0 bridgehead atoms. The summed E-state index contributed by atoms with van der Waals surface area (Å²) >= 11 is 0. The minimum atomic E-state index is -0.0956. The van der Waals surface area contributed by atoms with Crippen LogP contribution in [0.2, 0.25) is 0 Å². The smallest absolute Gasteiger partial charge is 0.228 e. The van der Waals surface area contributed by atoms with E-state index >= 15 is 0 Å². The number of carbonyl (C=O) groups excluding carboxylic acids is 1. The van der Waals surface area contributed by atoms with Gasteiger partial charge in [-0.3, -0.25) is 9.69 Å². The Morgan fingerprint density at radius 1 is 1.08 bits per heavy atom. The van der Waals surface area contributed by atoms with Gasteiger partial charge in [0.1, 0.15) is 0 Å². The number of rotatable bonds is 5. The van der Waals surface area contributed by atoms with Gasteiger partial charge in [-0.2, -0.15) is 0 Å². The van der Waals surface area contributed by atoms with E-state index in [0.29, 0.717) is 5.91 Å². The summed E-state index contributed by atoms with van der Waals surface area (Å²) in [6.07, 6.45) is 4.14. The quantitative estimate of drug-likeness (QED) is 0.901. The minimum Gasteiger partial charge on any atom is -0.340 e. The molecule has 2 aliphatic heterocycles. The fourth-order valence-corrected chi connectivity index (χ4v) is 4.24. The zero-order valence-electron chi connectivity index (χ0n) is 15.0. The lowest BCUT2D eigenvalue weighted by Crippen LogP contribution is -2.55. The van der Waals surface area contributed by atoms with Crippen molar-refractivity contribution in [3.05, 3.63) is 35.9 Å². The number of carbonyl (C=O) groups is 1. The van der Waals surface area contributed by atoms with Crippen molar-refractivity contribution in [2.75, 3.05) is 39.3 Å². The number of nitrogens with one attached hydrogen (secondary N) is 1. The van der Waals surface area contributed by atoms with E-state index in [2.05, 4.69) is 52.4 Å². The van der Waals surface area contributed by atoms with Gasteiger partial charge in [-0.05, 0) is 37.9 Å². The van der Waals surface area contributed by atoms with Gasteiger partial charge in [-0.1, -0.05) is 43.7 Å². The molecule has 4 nitrogen and oxygen atoms in total. The fraction of sp³-hybridized carbons (Fsp3) is 0.650. The SMILES string of the molecule is CCCC1(C(=O)N2CCN(Cc3ccccc3)CC2)CCNCC1. The van der Waals surface area contributed by atoms with E-state index in [9.17, 15) is 4.79 Å². The number of hydrogen-bond acceptors (Lipinski definition) is 3. The third kappa shape index (κ3) is 3.98. The largest absolute Gasteiger partial charge is 0.340 e. The Kier molecular flexibility index (Phi) is 5.90. The van der Waals surface area contributed by atoms with Crippen LogP contribution >= 0.6 is 0 Å². The summed E-state index contributed by atoms with van der Waals surface area (Å²) in [5.74, 6) is 0.421. The standard InChI is InChI=1S/C20H31N3O/c1-2-8-20(9-11-21-12-10-20)19(24)23-15-13-22(14-16-23)17-18-6-4-3-5-7-18/h3-7,21H,2,8-17H2,1H3. The third-order valence-electron chi connectivity index (χ3n) is 5.65. The molecule has 2 heterocycles. The summed E-state index contributed by atoms with van der Waals surface area (Å²) in [4.78, 5) is 17.8. The molecule has 132 valence electrons. The highest BCUT2D eigenvalue weighted by molar-refractivity contribution is 5.83. The molecular weight excluding hydrogens is 298 g/mol. The number of amides is 1. The van der Waals surface area contributed by atoms with Crippen LogP contribution in [-0.4, -0.2) is 55.0 Å². The zero-order valence-corrected chi connectivity index (χ0v) is 15.0. The van der Waals surface area contributed by atoms with E-state index in [0.717, 1.165) is 71.5 Å². The Morgan fingerprint density at radius 3 is 2.38 bits per heavy atom. The van der Waals surface area contributed by atoms with Gasteiger partial charge in [0.15, 0.2) is 0 Å². The fourth-order valence-electron chi connectivity index (χ4n) is 4.24. The molecule has 0 saturated carbocycles. The zero-order chi connectivity index (χ0) is 16.8. The van der Waals surface area contributed by atoms with Crippen molar-refractivity contribution >= 4 is 5.91 Å².